The Morgan fingerprint density at radius 1 is 1.28 bits per heavy atom. The Bertz CT molecular complexity index is 585. The highest BCUT2D eigenvalue weighted by Gasteiger charge is 2.17. The lowest BCUT2D eigenvalue weighted by molar-refractivity contribution is 0.588. The minimum Gasteiger partial charge on any atom is -0.324 e. The van der Waals surface area contributed by atoms with Gasteiger partial charge in [0.15, 0.2) is 0 Å². The van der Waals surface area contributed by atoms with Crippen molar-refractivity contribution in [2.24, 2.45) is 5.73 Å². The van der Waals surface area contributed by atoms with Crippen molar-refractivity contribution in [3.05, 3.63) is 46.5 Å². The SMILES string of the molecule is Cc1nn(-c2cccc(F)c2[C@@H](C)N)c(C)c1C. The van der Waals surface area contributed by atoms with E-state index in [1.54, 1.807) is 17.7 Å². The van der Waals surface area contributed by atoms with Crippen molar-refractivity contribution in [1.29, 1.82) is 0 Å². The molecule has 0 aliphatic carbocycles. The first-order valence-corrected chi connectivity index (χ1v) is 6.00. The first-order valence-electron chi connectivity index (χ1n) is 6.00. The first kappa shape index (κ1) is 12.8. The maximum atomic E-state index is 13.9. The number of aromatic nitrogens is 2. The van der Waals surface area contributed by atoms with Gasteiger partial charge in [0.1, 0.15) is 5.82 Å². The Kier molecular flexibility index (Phi) is 3.22. The average molecular weight is 247 g/mol. The first-order chi connectivity index (χ1) is 8.43. The van der Waals surface area contributed by atoms with Gasteiger partial charge in [0.05, 0.1) is 11.4 Å². The summed E-state index contributed by atoms with van der Waals surface area (Å²) >= 11 is 0. The number of hydrogen-bond acceptors (Lipinski definition) is 2. The summed E-state index contributed by atoms with van der Waals surface area (Å²) in [6.45, 7) is 7.72. The van der Waals surface area contributed by atoms with E-state index in [9.17, 15) is 4.39 Å². The summed E-state index contributed by atoms with van der Waals surface area (Å²) in [4.78, 5) is 0. The molecule has 1 aromatic carbocycles. The van der Waals surface area contributed by atoms with Crippen molar-refractivity contribution in [3.8, 4) is 5.69 Å². The lowest BCUT2D eigenvalue weighted by atomic mass is 10.1. The molecule has 1 aromatic heterocycles. The van der Waals surface area contributed by atoms with Gasteiger partial charge >= 0.3 is 0 Å². The van der Waals surface area contributed by atoms with Gasteiger partial charge in [-0.2, -0.15) is 5.10 Å². The minimum absolute atomic E-state index is 0.285. The van der Waals surface area contributed by atoms with Crippen LogP contribution in [0.5, 0.6) is 0 Å². The van der Waals surface area contributed by atoms with Crippen LogP contribution < -0.4 is 5.73 Å². The van der Waals surface area contributed by atoms with E-state index in [-0.39, 0.29) is 11.9 Å². The van der Waals surface area contributed by atoms with Crippen LogP contribution in [-0.4, -0.2) is 9.78 Å². The molecule has 2 N–H and O–H groups in total. The van der Waals surface area contributed by atoms with E-state index in [0.29, 0.717) is 5.56 Å². The molecule has 0 amide bonds. The summed E-state index contributed by atoms with van der Waals surface area (Å²) in [5.41, 5.74) is 10.2. The lowest BCUT2D eigenvalue weighted by Crippen LogP contribution is -2.13. The molecule has 0 saturated carbocycles. The number of nitrogens with two attached hydrogens (primary N) is 1. The summed E-state index contributed by atoms with van der Waals surface area (Å²) in [6, 6.07) is 4.59. The Labute approximate surface area is 106 Å². The molecule has 3 nitrogen and oxygen atoms in total. The van der Waals surface area contributed by atoms with Crippen LogP contribution in [0.15, 0.2) is 18.2 Å². The van der Waals surface area contributed by atoms with E-state index in [2.05, 4.69) is 5.10 Å². The van der Waals surface area contributed by atoms with E-state index < -0.39 is 0 Å². The summed E-state index contributed by atoms with van der Waals surface area (Å²) < 4.78 is 15.7. The maximum Gasteiger partial charge on any atom is 0.130 e. The molecule has 0 aliphatic heterocycles. The molecule has 0 radical (unpaired) electrons. The zero-order valence-corrected chi connectivity index (χ0v) is 11.2. The molecule has 4 heteroatoms. The van der Waals surface area contributed by atoms with Gasteiger partial charge in [0.2, 0.25) is 0 Å². The second-order valence-corrected chi connectivity index (χ2v) is 4.67. The van der Waals surface area contributed by atoms with Crippen molar-refractivity contribution in [2.45, 2.75) is 33.7 Å². The quantitative estimate of drug-likeness (QED) is 0.886. The number of rotatable bonds is 2. The van der Waals surface area contributed by atoms with Gasteiger partial charge in [0.25, 0.3) is 0 Å². The predicted molar refractivity (Wildman–Crippen MR) is 70.3 cm³/mol. The van der Waals surface area contributed by atoms with E-state index in [1.165, 1.54) is 6.07 Å². The second kappa shape index (κ2) is 4.53. The Balaban J connectivity index is 2.71. The van der Waals surface area contributed by atoms with E-state index in [1.807, 2.05) is 26.8 Å². The van der Waals surface area contributed by atoms with Gasteiger partial charge in [-0.25, -0.2) is 9.07 Å². The highest BCUT2D eigenvalue weighted by molar-refractivity contribution is 5.45. The van der Waals surface area contributed by atoms with Crippen LogP contribution in [0.2, 0.25) is 0 Å². The Morgan fingerprint density at radius 2 is 1.94 bits per heavy atom. The number of benzene rings is 1. The van der Waals surface area contributed by atoms with Gasteiger partial charge in [-0.1, -0.05) is 6.07 Å². The normalized spacial score (nSPS) is 12.8. The van der Waals surface area contributed by atoms with Crippen molar-refractivity contribution in [2.75, 3.05) is 0 Å². The standard InChI is InChI=1S/C14H18FN3/c1-8-10(3)17-18(11(8)4)13-7-5-6-12(15)14(13)9(2)16/h5-7,9H,16H2,1-4H3/t9-/m1/s1. The third kappa shape index (κ3) is 1.93. The monoisotopic (exact) mass is 247 g/mol. The fraction of sp³-hybridized carbons (Fsp3) is 0.357. The predicted octanol–water partition coefficient (Wildman–Crippen LogP) is 2.96. The second-order valence-electron chi connectivity index (χ2n) is 4.67. The highest BCUT2D eigenvalue weighted by atomic mass is 19.1. The van der Waals surface area contributed by atoms with Gasteiger partial charge in [-0.05, 0) is 45.4 Å². The lowest BCUT2D eigenvalue weighted by Gasteiger charge is -2.15. The summed E-state index contributed by atoms with van der Waals surface area (Å²) in [6.07, 6.45) is 0. The minimum atomic E-state index is -0.370. The number of hydrogen-bond donors (Lipinski definition) is 1. The summed E-state index contributed by atoms with van der Waals surface area (Å²) in [7, 11) is 0. The van der Waals surface area contributed by atoms with E-state index in [4.69, 9.17) is 5.73 Å². The maximum absolute atomic E-state index is 13.9. The smallest absolute Gasteiger partial charge is 0.130 e. The Morgan fingerprint density at radius 3 is 2.44 bits per heavy atom. The number of nitrogens with zero attached hydrogens (tertiary/aromatic N) is 2. The fourth-order valence-electron chi connectivity index (χ4n) is 2.12. The molecule has 2 rings (SSSR count). The number of aryl methyl sites for hydroxylation is 1. The van der Waals surface area contributed by atoms with Crippen LogP contribution >= 0.6 is 0 Å². The van der Waals surface area contributed by atoms with Crippen molar-refractivity contribution < 1.29 is 4.39 Å². The van der Waals surface area contributed by atoms with E-state index >= 15 is 0 Å². The zero-order valence-electron chi connectivity index (χ0n) is 11.2. The topological polar surface area (TPSA) is 43.8 Å². The van der Waals surface area contributed by atoms with Gasteiger partial charge < -0.3 is 5.73 Å². The third-order valence-electron chi connectivity index (χ3n) is 3.37. The molecule has 0 aliphatic rings. The molecule has 0 fully saturated rings. The molecule has 1 heterocycles. The Hall–Kier alpha value is -1.68. The van der Waals surface area contributed by atoms with Crippen LogP contribution in [-0.2, 0) is 0 Å². The molecule has 0 spiro atoms. The average Bonchev–Trinajstić information content (AvgIpc) is 2.56. The summed E-state index contributed by atoms with van der Waals surface area (Å²) in [5.74, 6) is -0.285. The van der Waals surface area contributed by atoms with E-state index in [0.717, 1.165) is 22.6 Å². The van der Waals surface area contributed by atoms with Gasteiger partial charge in [0, 0.05) is 17.3 Å². The number of halogens is 1. The molecule has 96 valence electrons. The molecule has 0 unspecified atom stereocenters. The van der Waals surface area contributed by atoms with Gasteiger partial charge in [-0.3, -0.25) is 0 Å². The molecule has 0 bridgehead atoms. The highest BCUT2D eigenvalue weighted by Crippen LogP contribution is 2.25. The molecular formula is C14H18FN3. The van der Waals surface area contributed by atoms with Gasteiger partial charge in [-0.15, -0.1) is 0 Å². The van der Waals surface area contributed by atoms with Crippen molar-refractivity contribution >= 4 is 0 Å². The molecule has 1 atom stereocenters. The molecule has 2 aromatic rings. The third-order valence-corrected chi connectivity index (χ3v) is 3.37. The zero-order chi connectivity index (χ0) is 13.4. The fourth-order valence-corrected chi connectivity index (χ4v) is 2.12. The molecule has 0 saturated heterocycles. The van der Waals surface area contributed by atoms with Crippen LogP contribution in [0.25, 0.3) is 5.69 Å². The van der Waals surface area contributed by atoms with Crippen LogP contribution in [0.1, 0.15) is 35.5 Å². The molecule has 18 heavy (non-hydrogen) atoms. The molecular weight excluding hydrogens is 229 g/mol. The largest absolute Gasteiger partial charge is 0.324 e. The van der Waals surface area contributed by atoms with Crippen molar-refractivity contribution in [3.63, 3.8) is 0 Å². The van der Waals surface area contributed by atoms with Crippen LogP contribution in [0, 0.1) is 26.6 Å². The van der Waals surface area contributed by atoms with Crippen molar-refractivity contribution in [1.82, 2.24) is 9.78 Å². The van der Waals surface area contributed by atoms with Crippen LogP contribution in [0.4, 0.5) is 4.39 Å². The van der Waals surface area contributed by atoms with Crippen LogP contribution in [0.3, 0.4) is 0 Å². The summed E-state index contributed by atoms with van der Waals surface area (Å²) in [5, 5.41) is 4.46.